The highest BCUT2D eigenvalue weighted by Crippen LogP contribution is 2.20. The number of para-hydroxylation sites is 1. The molecule has 326 valence electrons. The van der Waals surface area contributed by atoms with Gasteiger partial charge < -0.3 is 47.1 Å². The van der Waals surface area contributed by atoms with Gasteiger partial charge in [0, 0.05) is 41.9 Å². The molecule has 17 heteroatoms. The lowest BCUT2D eigenvalue weighted by atomic mass is 9.98. The highest BCUT2D eigenvalue weighted by atomic mass is 16.4. The van der Waals surface area contributed by atoms with Crippen LogP contribution in [0.5, 0.6) is 0 Å². The molecule has 5 atom stereocenters. The number of aromatic nitrogens is 1. The van der Waals surface area contributed by atoms with E-state index in [4.69, 9.17) is 5.11 Å². The molecular weight excluding hydrogens is 775 g/mol. The maximum Gasteiger partial charge on any atom is 0.305 e. The Morgan fingerprint density at radius 3 is 1.85 bits per heavy atom. The van der Waals surface area contributed by atoms with Crippen molar-refractivity contribution >= 4 is 58.2 Å². The van der Waals surface area contributed by atoms with Crippen LogP contribution < -0.4 is 31.9 Å². The van der Waals surface area contributed by atoms with E-state index in [1.807, 2.05) is 68.4 Å². The number of hydrogen-bond donors (Lipinski definition) is 9. The summed E-state index contributed by atoms with van der Waals surface area (Å²) in [6.07, 6.45) is 0.752. The van der Waals surface area contributed by atoms with E-state index in [0.717, 1.165) is 22.0 Å². The summed E-state index contributed by atoms with van der Waals surface area (Å²) in [4.78, 5) is 107. The van der Waals surface area contributed by atoms with E-state index < -0.39 is 103 Å². The average molecular weight is 834 g/mol. The quantitative estimate of drug-likeness (QED) is 0.0596. The second kappa shape index (κ2) is 23.5. The van der Waals surface area contributed by atoms with Crippen molar-refractivity contribution in [1.29, 1.82) is 0 Å². The van der Waals surface area contributed by atoms with Crippen molar-refractivity contribution in [3.8, 4) is 0 Å². The molecular formula is C43H59N7O10. The van der Waals surface area contributed by atoms with Gasteiger partial charge in [0.2, 0.25) is 29.5 Å². The summed E-state index contributed by atoms with van der Waals surface area (Å²) in [5, 5.41) is 35.5. The number of rotatable bonds is 25. The minimum absolute atomic E-state index is 0.0450. The van der Waals surface area contributed by atoms with Crippen LogP contribution in [0.4, 0.5) is 0 Å². The van der Waals surface area contributed by atoms with E-state index in [9.17, 15) is 43.5 Å². The molecule has 3 rings (SSSR count). The van der Waals surface area contributed by atoms with Gasteiger partial charge in [-0.15, -0.1) is 0 Å². The fraction of sp³-hybridized carbons (Fsp3) is 0.488. The number of carbonyl (C=O) groups excluding carboxylic acids is 6. The molecule has 0 unspecified atom stereocenters. The molecule has 0 radical (unpaired) electrons. The Labute approximate surface area is 349 Å². The minimum Gasteiger partial charge on any atom is -0.481 e. The van der Waals surface area contributed by atoms with Crippen molar-refractivity contribution in [2.45, 2.75) is 116 Å². The van der Waals surface area contributed by atoms with E-state index in [2.05, 4.69) is 36.9 Å². The molecule has 0 fully saturated rings. The van der Waals surface area contributed by atoms with Crippen molar-refractivity contribution in [1.82, 2.24) is 36.9 Å². The Morgan fingerprint density at radius 2 is 1.23 bits per heavy atom. The SMILES string of the molecule is CC(C)C[C@H](NC(=O)[C@H](Cc1c[nH]c2ccccc12)NC(=O)[C@H](Cc1ccccc1)NC(C)C)C(=O)N[C@@H](CC(=O)O)C(=O)NCC(=O)N[C@@H](CCC(=O)O)C(=O)C(C)C. The first-order chi connectivity index (χ1) is 28.3. The third-order valence-electron chi connectivity index (χ3n) is 9.54. The number of aliphatic carboxylic acids is 2. The van der Waals surface area contributed by atoms with Gasteiger partial charge in [0.1, 0.15) is 18.1 Å². The number of hydrogen-bond acceptors (Lipinski definition) is 9. The molecule has 9 N–H and O–H groups in total. The van der Waals surface area contributed by atoms with Crippen LogP contribution in [0.1, 0.15) is 78.4 Å². The normalized spacial score (nSPS) is 13.8. The summed E-state index contributed by atoms with van der Waals surface area (Å²) < 4.78 is 0. The zero-order valence-electron chi connectivity index (χ0n) is 35.0. The molecule has 0 saturated carbocycles. The van der Waals surface area contributed by atoms with Crippen LogP contribution in [0.3, 0.4) is 0 Å². The van der Waals surface area contributed by atoms with Crippen LogP contribution in [0.15, 0.2) is 60.8 Å². The van der Waals surface area contributed by atoms with Crippen molar-refractivity contribution in [2.75, 3.05) is 6.54 Å². The number of aromatic amines is 1. The van der Waals surface area contributed by atoms with Gasteiger partial charge in [-0.25, -0.2) is 0 Å². The first kappa shape index (κ1) is 48.3. The van der Waals surface area contributed by atoms with Crippen molar-refractivity contribution in [3.63, 3.8) is 0 Å². The molecule has 0 bridgehead atoms. The first-order valence-electron chi connectivity index (χ1n) is 20.1. The number of H-pyrrole nitrogens is 1. The standard InChI is InChI=1S/C43H59N7O10/c1-24(2)18-32(41(58)50-35(21-38(54)55)40(57)45-23-36(51)47-31(16-17-37(52)53)39(56)25(3)4)48-43(60)34(20-28-22-44-30-15-11-10-14-29(28)30)49-42(59)33(46-26(5)6)19-27-12-8-7-9-13-27/h7-15,22,24-26,31-35,44,46H,16-21,23H2,1-6H3,(H,45,57)(H,47,51)(H,48,60)(H,49,59)(H,50,58)(H,52,53)(H,54,55)/t31-,32-,33-,34-,35-/m0/s1. The smallest absolute Gasteiger partial charge is 0.305 e. The minimum atomic E-state index is -1.68. The van der Waals surface area contributed by atoms with Gasteiger partial charge >= 0.3 is 11.9 Å². The molecule has 0 spiro atoms. The Kier molecular flexibility index (Phi) is 18.9. The van der Waals surface area contributed by atoms with Gasteiger partial charge in [-0.2, -0.15) is 0 Å². The summed E-state index contributed by atoms with van der Waals surface area (Å²) >= 11 is 0. The third-order valence-corrected chi connectivity index (χ3v) is 9.54. The summed E-state index contributed by atoms with van der Waals surface area (Å²) in [5.41, 5.74) is 2.45. The number of nitrogens with one attached hydrogen (secondary N) is 7. The third kappa shape index (κ3) is 15.9. The summed E-state index contributed by atoms with van der Waals surface area (Å²) in [5.74, 6) is -7.59. The molecule has 1 heterocycles. The van der Waals surface area contributed by atoms with Crippen molar-refractivity contribution in [3.05, 3.63) is 71.9 Å². The van der Waals surface area contributed by atoms with Crippen molar-refractivity contribution < 1.29 is 48.6 Å². The lowest BCUT2D eigenvalue weighted by Gasteiger charge is -2.27. The van der Waals surface area contributed by atoms with E-state index >= 15 is 0 Å². The number of Topliss-reactive ketones (excluding diaryl/α,β-unsaturated/α-hetero) is 1. The van der Waals surface area contributed by atoms with Crippen LogP contribution in [0.2, 0.25) is 0 Å². The highest BCUT2D eigenvalue weighted by Gasteiger charge is 2.33. The summed E-state index contributed by atoms with van der Waals surface area (Å²) in [7, 11) is 0. The molecule has 60 heavy (non-hydrogen) atoms. The zero-order chi connectivity index (χ0) is 44.5. The van der Waals surface area contributed by atoms with Gasteiger partial charge in [0.25, 0.3) is 0 Å². The fourth-order valence-corrected chi connectivity index (χ4v) is 6.60. The number of carboxylic acids is 2. The molecule has 0 aliphatic carbocycles. The van der Waals surface area contributed by atoms with Gasteiger partial charge in [-0.1, -0.05) is 90.1 Å². The molecule has 5 amide bonds. The topological polar surface area (TPSA) is 265 Å². The zero-order valence-corrected chi connectivity index (χ0v) is 35.0. The molecule has 0 saturated heterocycles. The summed E-state index contributed by atoms with van der Waals surface area (Å²) in [6, 6.07) is 10.8. The Bertz CT molecular complexity index is 1960. The summed E-state index contributed by atoms with van der Waals surface area (Å²) in [6.45, 7) is 9.88. The van der Waals surface area contributed by atoms with Crippen LogP contribution in [0, 0.1) is 11.8 Å². The number of fused-ring (bicyclic) bond motifs is 1. The van der Waals surface area contributed by atoms with E-state index in [1.165, 1.54) is 0 Å². The van der Waals surface area contributed by atoms with Crippen molar-refractivity contribution in [2.24, 2.45) is 11.8 Å². The fourth-order valence-electron chi connectivity index (χ4n) is 6.60. The second-order valence-electron chi connectivity index (χ2n) is 15.9. The largest absolute Gasteiger partial charge is 0.481 e. The van der Waals surface area contributed by atoms with Gasteiger partial charge in [0.15, 0.2) is 5.78 Å². The number of ketones is 1. The predicted octanol–water partition coefficient (Wildman–Crippen LogP) is 1.99. The molecule has 1 aromatic heterocycles. The lowest BCUT2D eigenvalue weighted by molar-refractivity contribution is -0.141. The molecule has 2 aromatic carbocycles. The lowest BCUT2D eigenvalue weighted by Crippen LogP contribution is -2.59. The van der Waals surface area contributed by atoms with Crippen LogP contribution in [0.25, 0.3) is 10.9 Å². The number of carbonyl (C=O) groups is 8. The number of amides is 5. The monoisotopic (exact) mass is 833 g/mol. The molecule has 0 aliphatic heterocycles. The average Bonchev–Trinajstić information content (AvgIpc) is 3.59. The van der Waals surface area contributed by atoms with Gasteiger partial charge in [-0.3, -0.25) is 38.4 Å². The Morgan fingerprint density at radius 1 is 0.633 bits per heavy atom. The van der Waals surface area contributed by atoms with E-state index in [1.54, 1.807) is 33.9 Å². The van der Waals surface area contributed by atoms with Crippen LogP contribution in [-0.2, 0) is 51.2 Å². The van der Waals surface area contributed by atoms with Crippen LogP contribution >= 0.6 is 0 Å². The van der Waals surface area contributed by atoms with Gasteiger partial charge in [0.05, 0.1) is 25.0 Å². The maximum atomic E-state index is 14.3. The second-order valence-corrected chi connectivity index (χ2v) is 15.9. The number of benzene rings is 2. The van der Waals surface area contributed by atoms with E-state index in [0.29, 0.717) is 6.42 Å². The van der Waals surface area contributed by atoms with Crippen LogP contribution in [-0.4, -0.2) is 105 Å². The molecule has 17 nitrogen and oxygen atoms in total. The Hall–Kier alpha value is -6.10. The first-order valence-corrected chi connectivity index (χ1v) is 20.1. The molecule has 3 aromatic rings. The number of carboxylic acid groups (broad SMARTS) is 2. The maximum absolute atomic E-state index is 14.3. The predicted molar refractivity (Wildman–Crippen MR) is 223 cm³/mol. The van der Waals surface area contributed by atoms with Gasteiger partial charge in [-0.05, 0) is 42.4 Å². The van der Waals surface area contributed by atoms with E-state index in [-0.39, 0.29) is 31.2 Å². The molecule has 0 aliphatic rings. The highest BCUT2D eigenvalue weighted by molar-refractivity contribution is 5.97. The Balaban J connectivity index is 1.83.